The Kier molecular flexibility index (Phi) is 3.73. The standard InChI is InChI=1S/C13H19BrN2O/c1-10-5-4-6-15-12(10)16-8-11(7-14)17-13(2,3)9-16/h4-6,11H,7-9H2,1-3H3. The molecule has 0 aromatic carbocycles. The number of aromatic nitrogens is 1. The molecule has 1 atom stereocenters. The number of alkyl halides is 1. The lowest BCUT2D eigenvalue weighted by atomic mass is 10.1. The van der Waals surface area contributed by atoms with Crippen LogP contribution < -0.4 is 4.90 Å². The SMILES string of the molecule is Cc1cccnc1N1CC(CBr)OC(C)(C)C1. The molecular formula is C13H19BrN2O. The maximum absolute atomic E-state index is 6.00. The molecule has 0 spiro atoms. The van der Waals surface area contributed by atoms with Gasteiger partial charge in [-0.3, -0.25) is 0 Å². The van der Waals surface area contributed by atoms with E-state index in [-0.39, 0.29) is 11.7 Å². The molecule has 94 valence electrons. The second-order valence-electron chi connectivity index (χ2n) is 5.18. The molecule has 1 unspecified atom stereocenters. The Morgan fingerprint density at radius 1 is 1.59 bits per heavy atom. The average Bonchev–Trinajstić information content (AvgIpc) is 2.27. The second-order valence-corrected chi connectivity index (χ2v) is 5.83. The number of ether oxygens (including phenoxy) is 1. The van der Waals surface area contributed by atoms with Crippen LogP contribution >= 0.6 is 15.9 Å². The first-order valence-corrected chi connectivity index (χ1v) is 7.04. The Labute approximate surface area is 111 Å². The van der Waals surface area contributed by atoms with E-state index in [0.717, 1.165) is 24.2 Å². The molecule has 0 amide bonds. The van der Waals surface area contributed by atoms with E-state index in [2.05, 4.69) is 52.7 Å². The van der Waals surface area contributed by atoms with Crippen molar-refractivity contribution in [1.29, 1.82) is 0 Å². The largest absolute Gasteiger partial charge is 0.368 e. The molecule has 1 aromatic heterocycles. The second kappa shape index (κ2) is 4.94. The molecule has 2 rings (SSSR count). The van der Waals surface area contributed by atoms with Crippen LogP contribution in [-0.4, -0.2) is 35.1 Å². The zero-order valence-electron chi connectivity index (χ0n) is 10.6. The summed E-state index contributed by atoms with van der Waals surface area (Å²) in [5.74, 6) is 1.08. The summed E-state index contributed by atoms with van der Waals surface area (Å²) < 4.78 is 6.00. The van der Waals surface area contributed by atoms with Gasteiger partial charge in [-0.05, 0) is 32.4 Å². The Morgan fingerprint density at radius 3 is 3.00 bits per heavy atom. The summed E-state index contributed by atoms with van der Waals surface area (Å²) in [4.78, 5) is 6.82. The summed E-state index contributed by atoms with van der Waals surface area (Å²) in [6.07, 6.45) is 2.08. The van der Waals surface area contributed by atoms with Gasteiger partial charge in [0.25, 0.3) is 0 Å². The number of pyridine rings is 1. The van der Waals surface area contributed by atoms with E-state index >= 15 is 0 Å². The molecule has 0 saturated carbocycles. The summed E-state index contributed by atoms with van der Waals surface area (Å²) in [6, 6.07) is 4.08. The Morgan fingerprint density at radius 2 is 2.35 bits per heavy atom. The molecule has 1 aliphatic rings. The maximum atomic E-state index is 6.00. The van der Waals surface area contributed by atoms with Crippen molar-refractivity contribution < 1.29 is 4.74 Å². The van der Waals surface area contributed by atoms with Gasteiger partial charge in [0, 0.05) is 24.6 Å². The molecule has 1 saturated heterocycles. The van der Waals surface area contributed by atoms with E-state index in [1.807, 2.05) is 12.3 Å². The smallest absolute Gasteiger partial charge is 0.131 e. The van der Waals surface area contributed by atoms with Crippen molar-refractivity contribution in [2.24, 2.45) is 0 Å². The van der Waals surface area contributed by atoms with Crippen LogP contribution in [0.4, 0.5) is 5.82 Å². The number of anilines is 1. The van der Waals surface area contributed by atoms with Gasteiger partial charge in [0.05, 0.1) is 11.7 Å². The molecule has 1 aliphatic heterocycles. The first kappa shape index (κ1) is 12.8. The summed E-state index contributed by atoms with van der Waals surface area (Å²) in [6.45, 7) is 8.15. The maximum Gasteiger partial charge on any atom is 0.131 e. The van der Waals surface area contributed by atoms with Crippen LogP contribution in [0.5, 0.6) is 0 Å². The lowest BCUT2D eigenvalue weighted by Crippen LogP contribution is -2.53. The normalized spacial score (nSPS) is 23.8. The average molecular weight is 299 g/mol. The summed E-state index contributed by atoms with van der Waals surface area (Å²) in [5, 5.41) is 0.860. The van der Waals surface area contributed by atoms with Crippen LogP contribution in [0.3, 0.4) is 0 Å². The van der Waals surface area contributed by atoms with E-state index in [1.165, 1.54) is 5.56 Å². The molecule has 0 bridgehead atoms. The van der Waals surface area contributed by atoms with Gasteiger partial charge < -0.3 is 9.64 Å². The van der Waals surface area contributed by atoms with Crippen LogP contribution in [-0.2, 0) is 4.74 Å². The van der Waals surface area contributed by atoms with Gasteiger partial charge in [-0.2, -0.15) is 0 Å². The number of aryl methyl sites for hydroxylation is 1. The summed E-state index contributed by atoms with van der Waals surface area (Å²) in [5.41, 5.74) is 1.10. The van der Waals surface area contributed by atoms with Gasteiger partial charge in [0.15, 0.2) is 0 Å². The predicted octanol–water partition coefficient (Wildman–Crippen LogP) is 2.77. The molecular weight excluding hydrogens is 280 g/mol. The molecule has 4 heteroatoms. The van der Waals surface area contributed by atoms with Crippen LogP contribution in [0.25, 0.3) is 0 Å². The Bertz CT molecular complexity index is 395. The van der Waals surface area contributed by atoms with Gasteiger partial charge in [-0.1, -0.05) is 22.0 Å². The molecule has 3 nitrogen and oxygen atoms in total. The molecule has 17 heavy (non-hydrogen) atoms. The third kappa shape index (κ3) is 2.99. The lowest BCUT2D eigenvalue weighted by Gasteiger charge is -2.43. The van der Waals surface area contributed by atoms with Crippen molar-refractivity contribution in [2.75, 3.05) is 23.3 Å². The van der Waals surface area contributed by atoms with E-state index < -0.39 is 0 Å². The summed E-state index contributed by atoms with van der Waals surface area (Å²) >= 11 is 3.51. The Hall–Kier alpha value is -0.610. The molecule has 2 heterocycles. The fraction of sp³-hybridized carbons (Fsp3) is 0.615. The van der Waals surface area contributed by atoms with Crippen LogP contribution in [0, 0.1) is 6.92 Å². The summed E-state index contributed by atoms with van der Waals surface area (Å²) in [7, 11) is 0. The van der Waals surface area contributed by atoms with Gasteiger partial charge in [0.2, 0.25) is 0 Å². The van der Waals surface area contributed by atoms with Crippen molar-refractivity contribution in [3.63, 3.8) is 0 Å². The fourth-order valence-electron chi connectivity index (χ4n) is 2.35. The van der Waals surface area contributed by atoms with E-state index in [9.17, 15) is 0 Å². The van der Waals surface area contributed by atoms with Crippen molar-refractivity contribution in [1.82, 2.24) is 4.98 Å². The molecule has 0 aliphatic carbocycles. The number of hydrogen-bond donors (Lipinski definition) is 0. The number of nitrogens with zero attached hydrogens (tertiary/aromatic N) is 2. The predicted molar refractivity (Wildman–Crippen MR) is 73.9 cm³/mol. The van der Waals surface area contributed by atoms with E-state index in [0.29, 0.717) is 0 Å². The molecule has 1 aromatic rings. The third-order valence-corrected chi connectivity index (χ3v) is 3.66. The molecule has 0 radical (unpaired) electrons. The minimum absolute atomic E-state index is 0.124. The highest BCUT2D eigenvalue weighted by molar-refractivity contribution is 9.09. The number of rotatable bonds is 2. The van der Waals surface area contributed by atoms with Gasteiger partial charge >= 0.3 is 0 Å². The first-order valence-electron chi connectivity index (χ1n) is 5.92. The highest BCUT2D eigenvalue weighted by Gasteiger charge is 2.33. The van der Waals surface area contributed by atoms with Crippen LogP contribution in [0.1, 0.15) is 19.4 Å². The zero-order valence-corrected chi connectivity index (χ0v) is 12.2. The number of halogens is 1. The highest BCUT2D eigenvalue weighted by atomic mass is 79.9. The molecule has 1 fully saturated rings. The van der Waals surface area contributed by atoms with Crippen molar-refractivity contribution >= 4 is 21.7 Å². The minimum Gasteiger partial charge on any atom is -0.368 e. The molecule has 0 N–H and O–H groups in total. The van der Waals surface area contributed by atoms with Crippen molar-refractivity contribution in [2.45, 2.75) is 32.5 Å². The monoisotopic (exact) mass is 298 g/mol. The minimum atomic E-state index is -0.124. The quantitative estimate of drug-likeness (QED) is 0.785. The van der Waals surface area contributed by atoms with Gasteiger partial charge in [-0.15, -0.1) is 0 Å². The number of hydrogen-bond acceptors (Lipinski definition) is 3. The van der Waals surface area contributed by atoms with Crippen LogP contribution in [0.2, 0.25) is 0 Å². The third-order valence-electron chi connectivity index (χ3n) is 2.93. The first-order chi connectivity index (χ1) is 8.02. The number of morpholine rings is 1. The van der Waals surface area contributed by atoms with E-state index in [1.54, 1.807) is 0 Å². The highest BCUT2D eigenvalue weighted by Crippen LogP contribution is 2.27. The zero-order chi connectivity index (χ0) is 12.5. The van der Waals surface area contributed by atoms with Crippen molar-refractivity contribution in [3.8, 4) is 0 Å². The van der Waals surface area contributed by atoms with Crippen molar-refractivity contribution in [3.05, 3.63) is 23.9 Å². The van der Waals surface area contributed by atoms with E-state index in [4.69, 9.17) is 4.74 Å². The topological polar surface area (TPSA) is 25.4 Å². The fourth-order valence-corrected chi connectivity index (χ4v) is 2.68. The van der Waals surface area contributed by atoms with Gasteiger partial charge in [-0.25, -0.2) is 4.98 Å². The lowest BCUT2D eigenvalue weighted by molar-refractivity contribution is -0.0726. The Balaban J connectivity index is 2.24. The van der Waals surface area contributed by atoms with Gasteiger partial charge in [0.1, 0.15) is 5.82 Å². The van der Waals surface area contributed by atoms with Crippen LogP contribution in [0.15, 0.2) is 18.3 Å².